The predicted molar refractivity (Wildman–Crippen MR) is 94.5 cm³/mol. The van der Waals surface area contributed by atoms with Crippen LogP contribution in [0.5, 0.6) is 0 Å². The van der Waals surface area contributed by atoms with Gasteiger partial charge in [-0.3, -0.25) is 14.4 Å². The van der Waals surface area contributed by atoms with E-state index in [9.17, 15) is 27.6 Å². The summed E-state index contributed by atoms with van der Waals surface area (Å²) in [6.07, 6.45) is -5.08. The van der Waals surface area contributed by atoms with Crippen molar-refractivity contribution >= 4 is 29.0 Å². The maximum Gasteiger partial charge on any atom is 0.471 e. The van der Waals surface area contributed by atoms with Gasteiger partial charge < -0.3 is 10.6 Å². The standard InChI is InChI=1S/C19H17F3N2O3/c1-12-5-7-13(8-6-12)16(25)9-10-17(26)23-14-3-2-4-15(11-14)24-18(27)19(20,21)22/h2-8,11H,9-10H2,1H3,(H,23,26)(H,24,27). The van der Waals surface area contributed by atoms with Gasteiger partial charge in [0.1, 0.15) is 0 Å². The first kappa shape index (κ1) is 20.2. The number of benzene rings is 2. The fraction of sp³-hybridized carbons (Fsp3) is 0.211. The van der Waals surface area contributed by atoms with Crippen molar-refractivity contribution in [2.45, 2.75) is 25.9 Å². The zero-order valence-corrected chi connectivity index (χ0v) is 14.4. The third kappa shape index (κ3) is 6.25. The van der Waals surface area contributed by atoms with Crippen LogP contribution >= 0.6 is 0 Å². The first-order valence-corrected chi connectivity index (χ1v) is 8.03. The van der Waals surface area contributed by atoms with Gasteiger partial charge in [-0.05, 0) is 25.1 Å². The quantitative estimate of drug-likeness (QED) is 0.743. The summed E-state index contributed by atoms with van der Waals surface area (Å²) in [6.45, 7) is 1.90. The molecule has 27 heavy (non-hydrogen) atoms. The first-order chi connectivity index (χ1) is 12.6. The van der Waals surface area contributed by atoms with Crippen LogP contribution in [0.3, 0.4) is 0 Å². The summed E-state index contributed by atoms with van der Waals surface area (Å²) in [5.41, 5.74) is 1.63. The maximum atomic E-state index is 12.3. The third-order valence-electron chi connectivity index (χ3n) is 3.61. The van der Waals surface area contributed by atoms with Crippen LogP contribution in [0.25, 0.3) is 0 Å². The number of carbonyl (C=O) groups excluding carboxylic acids is 3. The highest BCUT2D eigenvalue weighted by Gasteiger charge is 2.38. The van der Waals surface area contributed by atoms with Crippen LogP contribution in [0.2, 0.25) is 0 Å². The topological polar surface area (TPSA) is 75.3 Å². The molecule has 0 aromatic heterocycles. The molecule has 0 atom stereocenters. The number of ketones is 1. The van der Waals surface area contributed by atoms with Gasteiger partial charge in [0.25, 0.3) is 0 Å². The molecule has 8 heteroatoms. The van der Waals surface area contributed by atoms with Crippen molar-refractivity contribution in [3.8, 4) is 0 Å². The number of aryl methyl sites for hydroxylation is 1. The summed E-state index contributed by atoms with van der Waals surface area (Å²) in [4.78, 5) is 35.0. The van der Waals surface area contributed by atoms with Crippen molar-refractivity contribution in [2.75, 3.05) is 10.6 Å². The second-order valence-corrected chi connectivity index (χ2v) is 5.87. The van der Waals surface area contributed by atoms with Gasteiger partial charge in [-0.15, -0.1) is 0 Å². The van der Waals surface area contributed by atoms with E-state index in [4.69, 9.17) is 0 Å². The van der Waals surface area contributed by atoms with Crippen LogP contribution in [0.15, 0.2) is 48.5 Å². The second kappa shape index (κ2) is 8.48. The van der Waals surface area contributed by atoms with Gasteiger partial charge in [0.2, 0.25) is 5.91 Å². The van der Waals surface area contributed by atoms with E-state index in [1.165, 1.54) is 24.3 Å². The average Bonchev–Trinajstić information content (AvgIpc) is 2.60. The number of anilines is 2. The molecule has 2 rings (SSSR count). The Bertz CT molecular complexity index is 846. The normalized spacial score (nSPS) is 11.0. The molecule has 5 nitrogen and oxygen atoms in total. The van der Waals surface area contributed by atoms with Crippen LogP contribution in [-0.4, -0.2) is 23.8 Å². The largest absolute Gasteiger partial charge is 0.471 e. The Kier molecular flexibility index (Phi) is 6.33. The highest BCUT2D eigenvalue weighted by atomic mass is 19.4. The van der Waals surface area contributed by atoms with Crippen molar-refractivity contribution in [1.29, 1.82) is 0 Å². The Hall–Kier alpha value is -3.16. The first-order valence-electron chi connectivity index (χ1n) is 8.03. The molecule has 0 radical (unpaired) electrons. The summed E-state index contributed by atoms with van der Waals surface area (Å²) < 4.78 is 36.8. The van der Waals surface area contributed by atoms with E-state index in [0.29, 0.717) is 5.56 Å². The molecule has 2 aromatic carbocycles. The van der Waals surface area contributed by atoms with E-state index in [0.717, 1.165) is 5.56 Å². The monoisotopic (exact) mass is 378 g/mol. The number of halogens is 3. The lowest BCUT2D eigenvalue weighted by Crippen LogP contribution is -2.29. The number of carbonyl (C=O) groups is 3. The maximum absolute atomic E-state index is 12.3. The minimum Gasteiger partial charge on any atom is -0.326 e. The van der Waals surface area contributed by atoms with E-state index in [1.54, 1.807) is 29.6 Å². The molecule has 0 unspecified atom stereocenters. The Morgan fingerprint density at radius 2 is 1.48 bits per heavy atom. The highest BCUT2D eigenvalue weighted by Crippen LogP contribution is 2.20. The Labute approximate surface area is 153 Å². The predicted octanol–water partition coefficient (Wildman–Crippen LogP) is 4.10. The summed E-state index contributed by atoms with van der Waals surface area (Å²) in [5, 5.41) is 4.19. The van der Waals surface area contributed by atoms with Crippen molar-refractivity contribution in [3.63, 3.8) is 0 Å². The molecule has 0 spiro atoms. The van der Waals surface area contributed by atoms with Gasteiger partial charge in [-0.2, -0.15) is 13.2 Å². The Morgan fingerprint density at radius 3 is 2.07 bits per heavy atom. The number of amides is 2. The lowest BCUT2D eigenvalue weighted by Gasteiger charge is -2.10. The number of nitrogens with one attached hydrogen (secondary N) is 2. The minimum absolute atomic E-state index is 0.000601. The molecular weight excluding hydrogens is 361 g/mol. The van der Waals surface area contributed by atoms with E-state index in [-0.39, 0.29) is 30.0 Å². The zero-order chi connectivity index (χ0) is 20.0. The van der Waals surface area contributed by atoms with E-state index in [1.807, 2.05) is 6.92 Å². The lowest BCUT2D eigenvalue weighted by molar-refractivity contribution is -0.167. The molecule has 0 bridgehead atoms. The summed E-state index contributed by atoms with van der Waals surface area (Å²) in [7, 11) is 0. The van der Waals surface area contributed by atoms with Crippen LogP contribution in [0.1, 0.15) is 28.8 Å². The lowest BCUT2D eigenvalue weighted by atomic mass is 10.0. The smallest absolute Gasteiger partial charge is 0.326 e. The van der Waals surface area contributed by atoms with E-state index >= 15 is 0 Å². The van der Waals surface area contributed by atoms with Crippen molar-refractivity contribution in [2.24, 2.45) is 0 Å². The summed E-state index contributed by atoms with van der Waals surface area (Å²) >= 11 is 0. The Morgan fingerprint density at radius 1 is 0.889 bits per heavy atom. The molecule has 0 fully saturated rings. The van der Waals surface area contributed by atoms with Gasteiger partial charge in [-0.1, -0.05) is 35.9 Å². The minimum atomic E-state index is -5.00. The molecule has 142 valence electrons. The molecule has 0 aliphatic heterocycles. The van der Waals surface area contributed by atoms with E-state index in [2.05, 4.69) is 5.32 Å². The van der Waals surface area contributed by atoms with E-state index < -0.39 is 18.0 Å². The molecule has 2 aromatic rings. The highest BCUT2D eigenvalue weighted by molar-refractivity contribution is 6.00. The van der Waals surface area contributed by atoms with Crippen molar-refractivity contribution < 1.29 is 27.6 Å². The summed E-state index contributed by atoms with van der Waals surface area (Å²) in [6, 6.07) is 12.3. The molecular formula is C19H17F3N2O3. The van der Waals surface area contributed by atoms with Gasteiger partial charge in [0, 0.05) is 29.8 Å². The molecule has 0 aliphatic rings. The number of hydrogen-bond donors (Lipinski definition) is 2. The van der Waals surface area contributed by atoms with Gasteiger partial charge in [-0.25, -0.2) is 0 Å². The fourth-order valence-electron chi connectivity index (χ4n) is 2.21. The van der Waals surface area contributed by atoms with Crippen molar-refractivity contribution in [3.05, 3.63) is 59.7 Å². The SMILES string of the molecule is Cc1ccc(C(=O)CCC(=O)Nc2cccc(NC(=O)C(F)(F)F)c2)cc1. The average molecular weight is 378 g/mol. The molecule has 2 N–H and O–H groups in total. The van der Waals surface area contributed by atoms with Crippen LogP contribution in [0, 0.1) is 6.92 Å². The summed E-state index contributed by atoms with van der Waals surface area (Å²) in [5.74, 6) is -2.75. The van der Waals surface area contributed by atoms with Crippen LogP contribution < -0.4 is 10.6 Å². The van der Waals surface area contributed by atoms with Gasteiger partial charge in [0.05, 0.1) is 0 Å². The van der Waals surface area contributed by atoms with Gasteiger partial charge in [0.15, 0.2) is 5.78 Å². The number of alkyl halides is 3. The number of Topliss-reactive ketones (excluding diaryl/α,β-unsaturated/α-hetero) is 1. The van der Waals surface area contributed by atoms with Crippen molar-refractivity contribution in [1.82, 2.24) is 0 Å². The second-order valence-electron chi connectivity index (χ2n) is 5.87. The number of hydrogen-bond acceptors (Lipinski definition) is 3. The molecule has 0 aliphatic carbocycles. The molecule has 0 heterocycles. The van der Waals surface area contributed by atoms with Crippen LogP contribution in [-0.2, 0) is 9.59 Å². The fourth-order valence-corrected chi connectivity index (χ4v) is 2.21. The Balaban J connectivity index is 1.90. The zero-order valence-electron chi connectivity index (χ0n) is 14.4. The third-order valence-corrected chi connectivity index (χ3v) is 3.61. The molecule has 0 saturated heterocycles. The van der Waals surface area contributed by atoms with Gasteiger partial charge >= 0.3 is 12.1 Å². The van der Waals surface area contributed by atoms with Crippen LogP contribution in [0.4, 0.5) is 24.5 Å². The molecule has 0 saturated carbocycles. The number of rotatable bonds is 6. The molecule has 2 amide bonds.